The number of nitrogens with one attached hydrogen (secondary N) is 1. The van der Waals surface area contributed by atoms with Crippen molar-refractivity contribution in [1.29, 1.82) is 0 Å². The summed E-state index contributed by atoms with van der Waals surface area (Å²) in [6, 6.07) is 0.584. The average Bonchev–Trinajstić information content (AvgIpc) is 2.46. The first kappa shape index (κ1) is 18.5. The van der Waals surface area contributed by atoms with E-state index in [4.69, 9.17) is 4.74 Å². The van der Waals surface area contributed by atoms with Crippen molar-refractivity contribution in [3.8, 4) is 0 Å². The van der Waals surface area contributed by atoms with E-state index in [-0.39, 0.29) is 12.1 Å². The van der Waals surface area contributed by atoms with Crippen LogP contribution in [0.5, 0.6) is 0 Å². The third-order valence-electron chi connectivity index (χ3n) is 5.12. The Labute approximate surface area is 141 Å². The van der Waals surface area contributed by atoms with Gasteiger partial charge < -0.3 is 19.9 Å². The highest BCUT2D eigenvalue weighted by Gasteiger charge is 2.33. The SMILES string of the molecule is CC1C(NCC2CCN(C)CC2)CCCN1C(=O)OC(C)(C)C. The van der Waals surface area contributed by atoms with Gasteiger partial charge in [-0.25, -0.2) is 4.79 Å². The molecular formula is C18H35N3O2. The van der Waals surface area contributed by atoms with Crippen LogP contribution in [0.25, 0.3) is 0 Å². The maximum Gasteiger partial charge on any atom is 0.410 e. The molecule has 0 aromatic rings. The van der Waals surface area contributed by atoms with Crippen LogP contribution >= 0.6 is 0 Å². The number of ether oxygens (including phenoxy) is 1. The number of likely N-dealkylation sites (tertiary alicyclic amines) is 2. The molecule has 134 valence electrons. The zero-order valence-electron chi connectivity index (χ0n) is 15.6. The third kappa shape index (κ3) is 5.64. The zero-order chi connectivity index (χ0) is 17.0. The molecule has 0 saturated carbocycles. The fourth-order valence-electron chi connectivity index (χ4n) is 3.58. The highest BCUT2D eigenvalue weighted by Crippen LogP contribution is 2.22. The molecule has 2 fully saturated rings. The quantitative estimate of drug-likeness (QED) is 0.866. The second kappa shape index (κ2) is 7.84. The van der Waals surface area contributed by atoms with Crippen molar-refractivity contribution < 1.29 is 9.53 Å². The van der Waals surface area contributed by atoms with E-state index < -0.39 is 5.60 Å². The van der Waals surface area contributed by atoms with Crippen LogP contribution in [-0.2, 0) is 4.74 Å². The van der Waals surface area contributed by atoms with E-state index >= 15 is 0 Å². The molecule has 2 saturated heterocycles. The lowest BCUT2D eigenvalue weighted by Crippen LogP contribution is -2.56. The number of carbonyl (C=O) groups excluding carboxylic acids is 1. The summed E-state index contributed by atoms with van der Waals surface area (Å²) in [5.41, 5.74) is -0.425. The summed E-state index contributed by atoms with van der Waals surface area (Å²) in [6.07, 6.45) is 4.58. The molecule has 2 heterocycles. The maximum atomic E-state index is 12.4. The molecule has 2 aliphatic rings. The maximum absolute atomic E-state index is 12.4. The van der Waals surface area contributed by atoms with Crippen LogP contribution in [0.15, 0.2) is 0 Å². The van der Waals surface area contributed by atoms with Gasteiger partial charge in [-0.15, -0.1) is 0 Å². The lowest BCUT2D eigenvalue weighted by Gasteiger charge is -2.41. The Balaban J connectivity index is 1.82. The lowest BCUT2D eigenvalue weighted by molar-refractivity contribution is 0.00671. The largest absolute Gasteiger partial charge is 0.444 e. The Morgan fingerprint density at radius 1 is 1.17 bits per heavy atom. The van der Waals surface area contributed by atoms with Crippen molar-refractivity contribution in [3.05, 3.63) is 0 Å². The topological polar surface area (TPSA) is 44.8 Å². The van der Waals surface area contributed by atoms with E-state index in [1.54, 1.807) is 0 Å². The summed E-state index contributed by atoms with van der Waals surface area (Å²) in [6.45, 7) is 12.2. The molecule has 2 atom stereocenters. The van der Waals surface area contributed by atoms with Gasteiger partial charge in [0.2, 0.25) is 0 Å². The monoisotopic (exact) mass is 325 g/mol. The Hall–Kier alpha value is -0.810. The third-order valence-corrected chi connectivity index (χ3v) is 5.12. The van der Waals surface area contributed by atoms with Gasteiger partial charge in [-0.3, -0.25) is 0 Å². The first-order valence-electron chi connectivity index (χ1n) is 9.18. The zero-order valence-corrected chi connectivity index (χ0v) is 15.6. The van der Waals surface area contributed by atoms with Crippen LogP contribution in [0.3, 0.4) is 0 Å². The Morgan fingerprint density at radius 3 is 2.43 bits per heavy atom. The van der Waals surface area contributed by atoms with Crippen LogP contribution in [-0.4, -0.2) is 66.8 Å². The van der Waals surface area contributed by atoms with Gasteiger partial charge in [0.05, 0.1) is 0 Å². The van der Waals surface area contributed by atoms with Crippen LogP contribution in [0, 0.1) is 5.92 Å². The Morgan fingerprint density at radius 2 is 1.83 bits per heavy atom. The smallest absolute Gasteiger partial charge is 0.410 e. The minimum absolute atomic E-state index is 0.171. The van der Waals surface area contributed by atoms with Crippen molar-refractivity contribution in [2.45, 2.75) is 71.1 Å². The van der Waals surface area contributed by atoms with Crippen molar-refractivity contribution in [3.63, 3.8) is 0 Å². The number of amides is 1. The Kier molecular flexibility index (Phi) is 6.32. The molecule has 2 unspecified atom stereocenters. The van der Waals surface area contributed by atoms with Gasteiger partial charge in [-0.2, -0.15) is 0 Å². The molecule has 0 aromatic carbocycles. The lowest BCUT2D eigenvalue weighted by atomic mass is 9.94. The van der Waals surface area contributed by atoms with Crippen LogP contribution < -0.4 is 5.32 Å². The number of rotatable bonds is 3. The highest BCUT2D eigenvalue weighted by atomic mass is 16.6. The van der Waals surface area contributed by atoms with Crippen LogP contribution in [0.4, 0.5) is 4.79 Å². The molecule has 1 N–H and O–H groups in total. The molecule has 5 heteroatoms. The van der Waals surface area contributed by atoms with E-state index in [0.29, 0.717) is 6.04 Å². The van der Waals surface area contributed by atoms with E-state index in [2.05, 4.69) is 24.2 Å². The van der Waals surface area contributed by atoms with E-state index in [9.17, 15) is 4.79 Å². The molecule has 0 spiro atoms. The van der Waals surface area contributed by atoms with Crippen LogP contribution in [0.1, 0.15) is 53.4 Å². The summed E-state index contributed by atoms with van der Waals surface area (Å²) < 4.78 is 5.56. The minimum Gasteiger partial charge on any atom is -0.444 e. The molecule has 23 heavy (non-hydrogen) atoms. The van der Waals surface area contributed by atoms with Gasteiger partial charge in [0.1, 0.15) is 5.60 Å². The molecule has 0 aliphatic carbocycles. The van der Waals surface area contributed by atoms with Gasteiger partial charge in [0.25, 0.3) is 0 Å². The number of hydrogen-bond acceptors (Lipinski definition) is 4. The van der Waals surface area contributed by atoms with Crippen molar-refractivity contribution in [2.24, 2.45) is 5.92 Å². The molecule has 0 radical (unpaired) electrons. The Bertz CT molecular complexity index is 386. The fourth-order valence-corrected chi connectivity index (χ4v) is 3.58. The summed E-state index contributed by atoms with van der Waals surface area (Å²) >= 11 is 0. The number of hydrogen-bond donors (Lipinski definition) is 1. The standard InChI is InChI=1S/C18H35N3O2/c1-14-16(19-13-15-8-11-20(5)12-9-15)7-6-10-21(14)17(22)23-18(2,3)4/h14-16,19H,6-13H2,1-5H3. The molecule has 5 nitrogen and oxygen atoms in total. The van der Waals surface area contributed by atoms with Crippen molar-refractivity contribution in [1.82, 2.24) is 15.1 Å². The first-order valence-corrected chi connectivity index (χ1v) is 9.18. The fraction of sp³-hybridized carbons (Fsp3) is 0.944. The number of piperidine rings is 2. The molecule has 1 amide bonds. The summed E-state index contributed by atoms with van der Waals surface area (Å²) in [5, 5.41) is 3.74. The van der Waals surface area contributed by atoms with Crippen LogP contribution in [0.2, 0.25) is 0 Å². The second-order valence-electron chi connectivity index (χ2n) is 8.32. The molecular weight excluding hydrogens is 290 g/mol. The number of nitrogens with zero attached hydrogens (tertiary/aromatic N) is 2. The average molecular weight is 325 g/mol. The van der Waals surface area contributed by atoms with Crippen molar-refractivity contribution in [2.75, 3.05) is 33.2 Å². The van der Waals surface area contributed by atoms with E-state index in [0.717, 1.165) is 31.8 Å². The minimum atomic E-state index is -0.425. The summed E-state index contributed by atoms with van der Waals surface area (Å²) in [7, 11) is 2.20. The number of carbonyl (C=O) groups is 1. The molecule has 2 rings (SSSR count). The predicted molar refractivity (Wildman–Crippen MR) is 93.6 cm³/mol. The van der Waals surface area contributed by atoms with E-state index in [1.807, 2.05) is 25.7 Å². The van der Waals surface area contributed by atoms with E-state index in [1.165, 1.54) is 25.9 Å². The van der Waals surface area contributed by atoms with Crippen molar-refractivity contribution >= 4 is 6.09 Å². The van der Waals surface area contributed by atoms with Gasteiger partial charge in [0.15, 0.2) is 0 Å². The molecule has 0 bridgehead atoms. The predicted octanol–water partition coefficient (Wildman–Crippen LogP) is 2.71. The van der Waals surface area contributed by atoms with Gasteiger partial charge in [-0.05, 0) is 86.0 Å². The molecule has 0 aromatic heterocycles. The highest BCUT2D eigenvalue weighted by molar-refractivity contribution is 5.68. The van der Waals surface area contributed by atoms with Gasteiger partial charge in [0, 0.05) is 18.6 Å². The van der Waals surface area contributed by atoms with Gasteiger partial charge >= 0.3 is 6.09 Å². The molecule has 2 aliphatic heterocycles. The van der Waals surface area contributed by atoms with Gasteiger partial charge in [-0.1, -0.05) is 0 Å². The summed E-state index contributed by atoms with van der Waals surface area (Å²) in [4.78, 5) is 16.7. The normalized spacial score (nSPS) is 28.0. The summed E-state index contributed by atoms with van der Waals surface area (Å²) in [5.74, 6) is 0.773. The second-order valence-corrected chi connectivity index (χ2v) is 8.32. The first-order chi connectivity index (χ1) is 10.8.